The molecule has 3 heteroatoms. The summed E-state index contributed by atoms with van der Waals surface area (Å²) in [5.41, 5.74) is 17.3. The van der Waals surface area contributed by atoms with Crippen molar-refractivity contribution < 1.29 is 0 Å². The Morgan fingerprint density at radius 2 is 0.787 bits per heavy atom. The van der Waals surface area contributed by atoms with Crippen LogP contribution in [0.4, 0.5) is 0 Å². The zero-order valence-electron chi connectivity index (χ0n) is 25.0. The third kappa shape index (κ3) is 2.97. The molecule has 0 aromatic heterocycles. The lowest BCUT2D eigenvalue weighted by atomic mass is 9.66. The van der Waals surface area contributed by atoms with Gasteiger partial charge in [0, 0.05) is 30.4 Å². The molecule has 2 spiro atoms. The molecule has 220 valence electrons. The molecular formula is C44H24BrClS. The van der Waals surface area contributed by atoms with E-state index in [0.717, 1.165) is 15.1 Å². The maximum absolute atomic E-state index is 7.38. The van der Waals surface area contributed by atoms with Gasteiger partial charge in [-0.2, -0.15) is 0 Å². The molecule has 0 fully saturated rings. The summed E-state index contributed by atoms with van der Waals surface area (Å²) < 4.78 is 1.12. The molecule has 11 rings (SSSR count). The highest BCUT2D eigenvalue weighted by Gasteiger charge is 2.56. The summed E-state index contributed by atoms with van der Waals surface area (Å²) in [6.07, 6.45) is 0. The first-order valence-corrected chi connectivity index (χ1v) is 18.0. The molecule has 7 aromatic carbocycles. The van der Waals surface area contributed by atoms with E-state index in [1.165, 1.54) is 82.1 Å². The predicted octanol–water partition coefficient (Wildman–Crippen LogP) is 12.3. The summed E-state index contributed by atoms with van der Waals surface area (Å²) in [6, 6.07) is 54.1. The van der Waals surface area contributed by atoms with E-state index in [4.69, 9.17) is 11.6 Å². The van der Waals surface area contributed by atoms with Crippen LogP contribution in [0.25, 0.3) is 33.4 Å². The van der Waals surface area contributed by atoms with E-state index >= 15 is 0 Å². The van der Waals surface area contributed by atoms with Gasteiger partial charge in [0.05, 0.1) is 10.8 Å². The fraction of sp³-hybridized carbons (Fsp3) is 0.0455. The molecule has 0 nitrogen and oxygen atoms in total. The molecule has 0 N–H and O–H groups in total. The number of hydrogen-bond acceptors (Lipinski definition) is 1. The van der Waals surface area contributed by atoms with Gasteiger partial charge in [0.2, 0.25) is 0 Å². The lowest BCUT2D eigenvalue weighted by Gasteiger charge is -2.41. The Morgan fingerprint density at radius 3 is 1.36 bits per heavy atom. The minimum Gasteiger partial charge on any atom is -0.0875 e. The quantitative estimate of drug-likeness (QED) is 0.152. The van der Waals surface area contributed by atoms with Crippen molar-refractivity contribution in [2.24, 2.45) is 0 Å². The smallest absolute Gasteiger partial charge is 0.0736 e. The molecule has 47 heavy (non-hydrogen) atoms. The monoisotopic (exact) mass is 698 g/mol. The van der Waals surface area contributed by atoms with Crippen LogP contribution in [-0.2, 0) is 10.8 Å². The summed E-state index contributed by atoms with van der Waals surface area (Å²) >= 11 is 13.3. The molecule has 0 atom stereocenters. The van der Waals surface area contributed by atoms with Gasteiger partial charge in [-0.3, -0.25) is 0 Å². The number of halogens is 2. The second-order valence-electron chi connectivity index (χ2n) is 12.9. The molecule has 7 aromatic rings. The minimum absolute atomic E-state index is 0.453. The van der Waals surface area contributed by atoms with Gasteiger partial charge in [-0.15, -0.1) is 0 Å². The third-order valence-corrected chi connectivity index (χ3v) is 13.6. The van der Waals surface area contributed by atoms with Crippen LogP contribution in [0.1, 0.15) is 44.5 Å². The molecule has 0 unspecified atom stereocenters. The molecule has 0 saturated carbocycles. The predicted molar refractivity (Wildman–Crippen MR) is 197 cm³/mol. The minimum atomic E-state index is -0.468. The maximum atomic E-state index is 7.38. The highest BCUT2D eigenvalue weighted by molar-refractivity contribution is 9.10. The average molecular weight is 700 g/mol. The fourth-order valence-electron chi connectivity index (χ4n) is 9.57. The fourth-order valence-corrected chi connectivity index (χ4v) is 11.8. The van der Waals surface area contributed by atoms with Crippen molar-refractivity contribution in [3.63, 3.8) is 0 Å². The molecule has 4 aliphatic rings. The zero-order chi connectivity index (χ0) is 31.1. The van der Waals surface area contributed by atoms with Crippen LogP contribution >= 0.6 is 39.3 Å². The Kier molecular flexibility index (Phi) is 5.21. The van der Waals surface area contributed by atoms with Crippen LogP contribution in [0.3, 0.4) is 0 Å². The van der Waals surface area contributed by atoms with Crippen LogP contribution in [0.2, 0.25) is 5.02 Å². The second kappa shape index (κ2) is 9.17. The van der Waals surface area contributed by atoms with E-state index in [2.05, 4.69) is 162 Å². The summed E-state index contributed by atoms with van der Waals surface area (Å²) in [5.74, 6) is 0. The summed E-state index contributed by atoms with van der Waals surface area (Å²) in [7, 11) is 0. The Labute approximate surface area is 291 Å². The summed E-state index contributed by atoms with van der Waals surface area (Å²) in [4.78, 5) is 2.56. The summed E-state index contributed by atoms with van der Waals surface area (Å²) in [6.45, 7) is 0. The molecular weight excluding hydrogens is 676 g/mol. The molecule has 0 radical (unpaired) electrons. The van der Waals surface area contributed by atoms with Crippen LogP contribution in [0.15, 0.2) is 160 Å². The van der Waals surface area contributed by atoms with Crippen LogP contribution in [-0.4, -0.2) is 0 Å². The Bertz CT molecular complexity index is 2450. The standard InChI is InChI=1S/C44H24BrClS/c45-37-21-9-20-35-41(37)47-42-36(44(35)31-17-7-3-13-27(31)28-14-4-8-18-32(28)44)24-23-34-40(42)39-33(19-10-22-38(39)46)43(34)29-15-5-1-11-25(29)26-12-2-6-16-30(26)43/h1-24H. The normalized spacial score (nSPS) is 15.7. The van der Waals surface area contributed by atoms with E-state index in [1.54, 1.807) is 0 Å². The summed E-state index contributed by atoms with van der Waals surface area (Å²) in [5, 5.41) is 0.802. The van der Waals surface area contributed by atoms with Crippen molar-refractivity contribution in [3.8, 4) is 33.4 Å². The molecule has 0 bridgehead atoms. The van der Waals surface area contributed by atoms with E-state index in [-0.39, 0.29) is 0 Å². The van der Waals surface area contributed by atoms with Crippen molar-refractivity contribution in [1.29, 1.82) is 0 Å². The molecule has 1 heterocycles. The maximum Gasteiger partial charge on any atom is 0.0736 e. The first-order chi connectivity index (χ1) is 23.2. The number of hydrogen-bond donors (Lipinski definition) is 0. The van der Waals surface area contributed by atoms with Crippen molar-refractivity contribution in [2.45, 2.75) is 20.6 Å². The van der Waals surface area contributed by atoms with Gasteiger partial charge in [-0.25, -0.2) is 0 Å². The van der Waals surface area contributed by atoms with Gasteiger partial charge in [-0.05, 0) is 94.8 Å². The number of rotatable bonds is 0. The second-order valence-corrected chi connectivity index (χ2v) is 15.2. The average Bonchev–Trinajstić information content (AvgIpc) is 3.70. The Balaban J connectivity index is 1.34. The first-order valence-electron chi connectivity index (χ1n) is 16.0. The lowest BCUT2D eigenvalue weighted by molar-refractivity contribution is 0.717. The number of fused-ring (bicyclic) bond motifs is 20. The van der Waals surface area contributed by atoms with Gasteiger partial charge < -0.3 is 0 Å². The largest absolute Gasteiger partial charge is 0.0875 e. The molecule has 0 amide bonds. The van der Waals surface area contributed by atoms with E-state index in [0.29, 0.717) is 0 Å². The first kappa shape index (κ1) is 26.7. The van der Waals surface area contributed by atoms with Crippen LogP contribution in [0.5, 0.6) is 0 Å². The molecule has 1 aliphatic heterocycles. The van der Waals surface area contributed by atoms with Crippen molar-refractivity contribution >= 4 is 39.3 Å². The van der Waals surface area contributed by atoms with E-state index < -0.39 is 10.8 Å². The number of benzene rings is 7. The highest BCUT2D eigenvalue weighted by Crippen LogP contribution is 2.69. The van der Waals surface area contributed by atoms with Gasteiger partial charge in [0.1, 0.15) is 0 Å². The van der Waals surface area contributed by atoms with Crippen molar-refractivity contribution in [1.82, 2.24) is 0 Å². The van der Waals surface area contributed by atoms with Crippen molar-refractivity contribution in [3.05, 3.63) is 200 Å². The van der Waals surface area contributed by atoms with Crippen molar-refractivity contribution in [2.75, 3.05) is 0 Å². The van der Waals surface area contributed by atoms with E-state index in [1.807, 2.05) is 11.8 Å². The van der Waals surface area contributed by atoms with Crippen LogP contribution in [0, 0.1) is 0 Å². The van der Waals surface area contributed by atoms with Gasteiger partial charge in [0.25, 0.3) is 0 Å². The SMILES string of the molecule is Clc1cccc2c1-c1c(ccc3c1Sc1c(Br)cccc1C31c3ccccc3-c3ccccc31)C21c2ccccc2-c2ccccc21. The Morgan fingerprint density at radius 1 is 0.383 bits per heavy atom. The van der Waals surface area contributed by atoms with Gasteiger partial charge in [-0.1, -0.05) is 157 Å². The molecule has 0 saturated heterocycles. The topological polar surface area (TPSA) is 0 Å². The van der Waals surface area contributed by atoms with E-state index in [9.17, 15) is 0 Å². The molecule has 3 aliphatic carbocycles. The zero-order valence-corrected chi connectivity index (χ0v) is 28.2. The Hall–Kier alpha value is -4.34. The van der Waals surface area contributed by atoms with Gasteiger partial charge >= 0.3 is 0 Å². The highest BCUT2D eigenvalue weighted by atomic mass is 79.9. The van der Waals surface area contributed by atoms with Crippen LogP contribution < -0.4 is 0 Å². The van der Waals surface area contributed by atoms with Gasteiger partial charge in [0.15, 0.2) is 0 Å². The third-order valence-electron chi connectivity index (χ3n) is 11.1. The lowest BCUT2D eigenvalue weighted by Crippen LogP contribution is -2.33.